The maximum absolute atomic E-state index is 12.3. The van der Waals surface area contributed by atoms with Gasteiger partial charge in [-0.25, -0.2) is 13.6 Å². The largest absolute Gasteiger partial charge is 0.335 e. The third kappa shape index (κ3) is 6.28. The summed E-state index contributed by atoms with van der Waals surface area (Å²) >= 11 is 1.23. The second kappa shape index (κ2) is 10.2. The number of hydrogen-bond donors (Lipinski definition) is 2. The Bertz CT molecular complexity index is 1050. The van der Waals surface area contributed by atoms with Gasteiger partial charge in [0, 0.05) is 25.2 Å². The second-order valence-electron chi connectivity index (χ2n) is 7.18. The number of likely N-dealkylation sites (tertiary alicyclic amines) is 1. The van der Waals surface area contributed by atoms with E-state index in [1.807, 2.05) is 16.4 Å². The molecule has 0 aliphatic carbocycles. The van der Waals surface area contributed by atoms with Crippen LogP contribution in [0.5, 0.6) is 0 Å². The monoisotopic (exact) mass is 466 g/mol. The molecule has 2 aromatic rings. The van der Waals surface area contributed by atoms with E-state index in [0.29, 0.717) is 36.2 Å². The third-order valence-electron chi connectivity index (χ3n) is 4.89. The molecule has 12 heteroatoms. The zero-order valence-corrected chi connectivity index (χ0v) is 18.9. The molecule has 0 radical (unpaired) electrons. The Morgan fingerprint density at radius 1 is 1.26 bits per heavy atom. The van der Waals surface area contributed by atoms with Gasteiger partial charge in [0.2, 0.25) is 21.8 Å². The van der Waals surface area contributed by atoms with Gasteiger partial charge in [-0.15, -0.1) is 10.2 Å². The average Bonchev–Trinajstić information content (AvgIpc) is 3.00. The van der Waals surface area contributed by atoms with Gasteiger partial charge in [-0.3, -0.25) is 9.59 Å². The molecule has 0 bridgehead atoms. The van der Waals surface area contributed by atoms with Crippen molar-refractivity contribution in [2.24, 2.45) is 5.14 Å². The minimum Gasteiger partial charge on any atom is -0.335 e. The van der Waals surface area contributed by atoms with Crippen LogP contribution in [0.4, 0.5) is 5.69 Å². The molecule has 1 aromatic carbocycles. The van der Waals surface area contributed by atoms with Gasteiger partial charge in [0.25, 0.3) is 0 Å². The molecule has 2 amide bonds. The summed E-state index contributed by atoms with van der Waals surface area (Å²) in [5.41, 5.74) is 0.342. The molecule has 1 fully saturated rings. The van der Waals surface area contributed by atoms with Crippen molar-refractivity contribution in [2.75, 3.05) is 17.6 Å². The van der Waals surface area contributed by atoms with Crippen LogP contribution in [-0.4, -0.2) is 52.2 Å². The first-order chi connectivity index (χ1) is 14.8. The Balaban J connectivity index is 1.61. The standard InChI is InChI=1S/C19H26N6O4S2/c1-2-25-16(12-24-10-5-3-4-9-18(24)27)22-23-19(25)30-13-17(26)21-14-7-6-8-15(11-14)31(20,28)29/h6-8,11H,2-5,9-10,12-13H2,1H3,(H,21,26)(H2,20,28,29). The summed E-state index contributed by atoms with van der Waals surface area (Å²) in [5, 5.41) is 16.8. The molecule has 3 rings (SSSR count). The lowest BCUT2D eigenvalue weighted by Crippen LogP contribution is -2.31. The van der Waals surface area contributed by atoms with E-state index >= 15 is 0 Å². The van der Waals surface area contributed by atoms with Gasteiger partial charge < -0.3 is 14.8 Å². The van der Waals surface area contributed by atoms with Gasteiger partial charge in [0.05, 0.1) is 17.2 Å². The summed E-state index contributed by atoms with van der Waals surface area (Å²) in [6.07, 6.45) is 3.53. The first-order valence-electron chi connectivity index (χ1n) is 10.0. The molecule has 168 valence electrons. The highest BCUT2D eigenvalue weighted by Crippen LogP contribution is 2.21. The minimum atomic E-state index is -3.85. The number of primary sulfonamides is 1. The predicted octanol–water partition coefficient (Wildman–Crippen LogP) is 1.58. The molecule has 31 heavy (non-hydrogen) atoms. The fraction of sp³-hybridized carbons (Fsp3) is 0.474. The fourth-order valence-electron chi connectivity index (χ4n) is 3.31. The molecule has 0 spiro atoms. The smallest absolute Gasteiger partial charge is 0.238 e. The SMILES string of the molecule is CCn1c(CN2CCCCCC2=O)nnc1SCC(=O)Nc1cccc(S(N)(=O)=O)c1. The normalized spacial score (nSPS) is 15.0. The number of nitrogens with two attached hydrogens (primary N) is 1. The average molecular weight is 467 g/mol. The topological polar surface area (TPSA) is 140 Å². The molecule has 0 unspecified atom stereocenters. The number of rotatable bonds is 8. The first-order valence-corrected chi connectivity index (χ1v) is 12.6. The number of thioether (sulfide) groups is 1. The summed E-state index contributed by atoms with van der Waals surface area (Å²) in [7, 11) is -3.85. The molecule has 0 atom stereocenters. The molecular formula is C19H26N6O4S2. The highest BCUT2D eigenvalue weighted by molar-refractivity contribution is 7.99. The van der Waals surface area contributed by atoms with E-state index in [1.165, 1.54) is 30.0 Å². The lowest BCUT2D eigenvalue weighted by molar-refractivity contribution is -0.131. The number of nitrogens with zero attached hydrogens (tertiary/aromatic N) is 4. The van der Waals surface area contributed by atoms with E-state index in [4.69, 9.17) is 5.14 Å². The van der Waals surface area contributed by atoms with E-state index in [-0.39, 0.29) is 22.5 Å². The molecule has 2 heterocycles. The van der Waals surface area contributed by atoms with E-state index in [2.05, 4.69) is 15.5 Å². The summed E-state index contributed by atoms with van der Waals surface area (Å²) in [6.45, 7) is 3.70. The number of hydrogen-bond acceptors (Lipinski definition) is 7. The van der Waals surface area contributed by atoms with E-state index < -0.39 is 10.0 Å². The van der Waals surface area contributed by atoms with Crippen LogP contribution in [0, 0.1) is 0 Å². The molecule has 1 aliphatic heterocycles. The number of benzene rings is 1. The zero-order chi connectivity index (χ0) is 22.4. The number of amides is 2. The Labute approximate surface area is 185 Å². The second-order valence-corrected chi connectivity index (χ2v) is 9.68. The van der Waals surface area contributed by atoms with E-state index in [0.717, 1.165) is 25.8 Å². The van der Waals surface area contributed by atoms with Crippen LogP contribution in [0.25, 0.3) is 0 Å². The van der Waals surface area contributed by atoms with Crippen LogP contribution in [-0.2, 0) is 32.7 Å². The quantitative estimate of drug-likeness (QED) is 0.563. The van der Waals surface area contributed by atoms with Gasteiger partial charge in [0.1, 0.15) is 0 Å². The van der Waals surface area contributed by atoms with E-state index in [9.17, 15) is 18.0 Å². The Hall–Kier alpha value is -2.44. The summed E-state index contributed by atoms with van der Waals surface area (Å²) in [5.74, 6) is 0.590. The van der Waals surface area contributed by atoms with Crippen LogP contribution in [0.3, 0.4) is 0 Å². The Morgan fingerprint density at radius 3 is 2.81 bits per heavy atom. The molecular weight excluding hydrogens is 440 g/mol. The maximum atomic E-state index is 12.3. The molecule has 0 saturated carbocycles. The highest BCUT2D eigenvalue weighted by Gasteiger charge is 2.21. The maximum Gasteiger partial charge on any atom is 0.238 e. The first kappa shape index (κ1) is 23.2. The Kier molecular flexibility index (Phi) is 7.68. The van der Waals surface area contributed by atoms with Crippen molar-refractivity contribution in [3.63, 3.8) is 0 Å². The van der Waals surface area contributed by atoms with Crippen molar-refractivity contribution >= 4 is 39.3 Å². The number of carbonyl (C=O) groups is 2. The summed E-state index contributed by atoms with van der Waals surface area (Å²) in [6, 6.07) is 5.76. The number of sulfonamides is 1. The Morgan fingerprint density at radius 2 is 2.06 bits per heavy atom. The van der Waals surface area contributed by atoms with Crippen molar-refractivity contribution in [3.05, 3.63) is 30.1 Å². The summed E-state index contributed by atoms with van der Waals surface area (Å²) in [4.78, 5) is 26.3. The zero-order valence-electron chi connectivity index (χ0n) is 17.3. The van der Waals surface area contributed by atoms with Crippen molar-refractivity contribution in [1.29, 1.82) is 0 Å². The van der Waals surface area contributed by atoms with Crippen molar-refractivity contribution in [1.82, 2.24) is 19.7 Å². The summed E-state index contributed by atoms with van der Waals surface area (Å²) < 4.78 is 24.8. The van der Waals surface area contributed by atoms with Crippen molar-refractivity contribution in [3.8, 4) is 0 Å². The fourth-order valence-corrected chi connectivity index (χ4v) is 4.70. The lowest BCUT2D eigenvalue weighted by atomic mass is 10.2. The molecule has 1 aliphatic rings. The van der Waals surface area contributed by atoms with Crippen LogP contribution < -0.4 is 10.5 Å². The highest BCUT2D eigenvalue weighted by atomic mass is 32.2. The van der Waals surface area contributed by atoms with Crippen molar-refractivity contribution in [2.45, 2.75) is 55.7 Å². The number of nitrogens with one attached hydrogen (secondary N) is 1. The van der Waals surface area contributed by atoms with Crippen LogP contribution >= 0.6 is 11.8 Å². The minimum absolute atomic E-state index is 0.0698. The van der Waals surface area contributed by atoms with Gasteiger partial charge in [-0.1, -0.05) is 24.2 Å². The molecule has 3 N–H and O–H groups in total. The molecule has 10 nitrogen and oxygen atoms in total. The third-order valence-corrected chi connectivity index (χ3v) is 6.77. The van der Waals surface area contributed by atoms with E-state index in [1.54, 1.807) is 6.07 Å². The van der Waals surface area contributed by atoms with Crippen molar-refractivity contribution < 1.29 is 18.0 Å². The lowest BCUT2D eigenvalue weighted by Gasteiger charge is -2.20. The predicted molar refractivity (Wildman–Crippen MR) is 117 cm³/mol. The van der Waals surface area contributed by atoms with Gasteiger partial charge in [-0.2, -0.15) is 0 Å². The molecule has 1 aromatic heterocycles. The van der Waals surface area contributed by atoms with Gasteiger partial charge in [0.15, 0.2) is 11.0 Å². The number of carbonyl (C=O) groups excluding carboxylic acids is 2. The van der Waals surface area contributed by atoms with Crippen LogP contribution in [0.15, 0.2) is 34.3 Å². The number of aromatic nitrogens is 3. The number of anilines is 1. The van der Waals surface area contributed by atoms with Crippen LogP contribution in [0.2, 0.25) is 0 Å². The molecule has 1 saturated heterocycles. The van der Waals surface area contributed by atoms with Gasteiger partial charge in [-0.05, 0) is 38.0 Å². The van der Waals surface area contributed by atoms with Gasteiger partial charge >= 0.3 is 0 Å². The van der Waals surface area contributed by atoms with Crippen LogP contribution in [0.1, 0.15) is 38.4 Å².